The molecule has 0 amide bonds. The zero-order valence-corrected chi connectivity index (χ0v) is 11.9. The van der Waals surface area contributed by atoms with Gasteiger partial charge >= 0.3 is 0 Å². The molecule has 3 nitrogen and oxygen atoms in total. The van der Waals surface area contributed by atoms with Gasteiger partial charge in [-0.25, -0.2) is 0 Å². The van der Waals surface area contributed by atoms with Crippen molar-refractivity contribution < 1.29 is 4.74 Å². The molecule has 1 aliphatic rings. The minimum absolute atomic E-state index is 0.318. The molecule has 0 saturated carbocycles. The quantitative estimate of drug-likeness (QED) is 0.888. The van der Waals surface area contributed by atoms with Crippen LogP contribution in [0.15, 0.2) is 18.2 Å². The fourth-order valence-electron chi connectivity index (χ4n) is 2.51. The highest BCUT2D eigenvalue weighted by atomic mass is 16.5. The van der Waals surface area contributed by atoms with Gasteiger partial charge in [-0.1, -0.05) is 6.07 Å². The number of benzene rings is 1. The highest BCUT2D eigenvalue weighted by Gasteiger charge is 2.23. The van der Waals surface area contributed by atoms with E-state index < -0.39 is 0 Å². The van der Waals surface area contributed by atoms with E-state index in [1.165, 1.54) is 16.8 Å². The molecule has 1 N–H and O–H groups in total. The van der Waals surface area contributed by atoms with Gasteiger partial charge in [0.2, 0.25) is 0 Å². The van der Waals surface area contributed by atoms with E-state index in [-0.39, 0.29) is 0 Å². The SMILES string of the molecule is CNCc1ccc(N2CC(C)OCC2C)cc1C. The predicted molar refractivity (Wildman–Crippen MR) is 76.2 cm³/mol. The molecule has 2 rings (SSSR count). The molecule has 1 heterocycles. The molecular formula is C15H24N2O. The molecule has 1 saturated heterocycles. The molecule has 1 aromatic rings. The maximum Gasteiger partial charge on any atom is 0.0723 e. The van der Waals surface area contributed by atoms with Crippen molar-refractivity contribution in [2.75, 3.05) is 25.1 Å². The van der Waals surface area contributed by atoms with Gasteiger partial charge in [-0.3, -0.25) is 0 Å². The first-order valence-electron chi connectivity index (χ1n) is 6.74. The highest BCUT2D eigenvalue weighted by Crippen LogP contribution is 2.24. The van der Waals surface area contributed by atoms with Gasteiger partial charge < -0.3 is 15.0 Å². The summed E-state index contributed by atoms with van der Waals surface area (Å²) in [6, 6.07) is 7.21. The van der Waals surface area contributed by atoms with Crippen LogP contribution in [0.5, 0.6) is 0 Å². The molecule has 1 aromatic carbocycles. The van der Waals surface area contributed by atoms with E-state index in [1.807, 2.05) is 7.05 Å². The maximum absolute atomic E-state index is 5.68. The van der Waals surface area contributed by atoms with E-state index in [1.54, 1.807) is 0 Å². The van der Waals surface area contributed by atoms with E-state index in [9.17, 15) is 0 Å². The first-order valence-corrected chi connectivity index (χ1v) is 6.74. The van der Waals surface area contributed by atoms with Crippen molar-refractivity contribution >= 4 is 5.69 Å². The van der Waals surface area contributed by atoms with Crippen molar-refractivity contribution in [1.29, 1.82) is 0 Å². The van der Waals surface area contributed by atoms with Gasteiger partial charge in [-0.15, -0.1) is 0 Å². The third kappa shape index (κ3) is 2.85. The number of nitrogens with one attached hydrogen (secondary N) is 1. The molecule has 100 valence electrons. The molecule has 0 aromatic heterocycles. The summed E-state index contributed by atoms with van der Waals surface area (Å²) in [5.74, 6) is 0. The van der Waals surface area contributed by atoms with Crippen LogP contribution in [0.1, 0.15) is 25.0 Å². The molecule has 0 spiro atoms. The Kier molecular flexibility index (Phi) is 4.25. The van der Waals surface area contributed by atoms with Gasteiger partial charge in [0.1, 0.15) is 0 Å². The Morgan fingerprint density at radius 2 is 2.17 bits per heavy atom. The number of morpholine rings is 1. The Bertz CT molecular complexity index is 405. The zero-order chi connectivity index (χ0) is 13.1. The molecule has 1 fully saturated rings. The standard InChI is InChI=1S/C15H24N2O/c1-11-7-15(6-5-14(11)8-16-4)17-9-13(3)18-10-12(17)2/h5-7,12-13,16H,8-10H2,1-4H3. The van der Waals surface area contributed by atoms with Crippen LogP contribution in [0.2, 0.25) is 0 Å². The minimum Gasteiger partial charge on any atom is -0.375 e. The number of rotatable bonds is 3. The van der Waals surface area contributed by atoms with Crippen LogP contribution >= 0.6 is 0 Å². The fraction of sp³-hybridized carbons (Fsp3) is 0.600. The second-order valence-electron chi connectivity index (χ2n) is 5.29. The van der Waals surface area contributed by atoms with Crippen molar-refractivity contribution in [3.8, 4) is 0 Å². The lowest BCUT2D eigenvalue weighted by atomic mass is 10.1. The summed E-state index contributed by atoms with van der Waals surface area (Å²) in [4.78, 5) is 2.45. The molecule has 18 heavy (non-hydrogen) atoms. The van der Waals surface area contributed by atoms with Crippen LogP contribution < -0.4 is 10.2 Å². The summed E-state index contributed by atoms with van der Waals surface area (Å²) in [6.07, 6.45) is 0.318. The smallest absolute Gasteiger partial charge is 0.0723 e. The third-order valence-corrected chi connectivity index (χ3v) is 3.63. The van der Waals surface area contributed by atoms with E-state index in [2.05, 4.69) is 49.2 Å². The first kappa shape index (κ1) is 13.4. The summed E-state index contributed by atoms with van der Waals surface area (Å²) in [5.41, 5.74) is 4.04. The van der Waals surface area contributed by atoms with Crippen LogP contribution in [0.3, 0.4) is 0 Å². The summed E-state index contributed by atoms with van der Waals surface area (Å²) in [5, 5.41) is 3.21. The Labute approximate surface area is 110 Å². The lowest BCUT2D eigenvalue weighted by Crippen LogP contribution is -2.47. The summed E-state index contributed by atoms with van der Waals surface area (Å²) in [6.45, 7) is 9.28. The van der Waals surface area contributed by atoms with Crippen LogP contribution in [0, 0.1) is 6.92 Å². The van der Waals surface area contributed by atoms with E-state index >= 15 is 0 Å². The number of hydrogen-bond donors (Lipinski definition) is 1. The predicted octanol–water partition coefficient (Wildman–Crippen LogP) is 2.33. The minimum atomic E-state index is 0.318. The van der Waals surface area contributed by atoms with Gasteiger partial charge in [0.05, 0.1) is 12.7 Å². The summed E-state index contributed by atoms with van der Waals surface area (Å²) < 4.78 is 5.68. The fourth-order valence-corrected chi connectivity index (χ4v) is 2.51. The van der Waals surface area contributed by atoms with Crippen molar-refractivity contribution in [2.45, 2.75) is 39.5 Å². The van der Waals surface area contributed by atoms with E-state index in [0.29, 0.717) is 12.1 Å². The van der Waals surface area contributed by atoms with Crippen molar-refractivity contribution in [1.82, 2.24) is 5.32 Å². The van der Waals surface area contributed by atoms with E-state index in [4.69, 9.17) is 4.74 Å². The maximum atomic E-state index is 5.68. The molecule has 2 unspecified atom stereocenters. The lowest BCUT2D eigenvalue weighted by molar-refractivity contribution is 0.0344. The number of aryl methyl sites for hydroxylation is 1. The normalized spacial score (nSPS) is 24.3. The molecule has 0 radical (unpaired) electrons. The monoisotopic (exact) mass is 248 g/mol. The average Bonchev–Trinajstić information content (AvgIpc) is 2.35. The summed E-state index contributed by atoms with van der Waals surface area (Å²) >= 11 is 0. The molecule has 0 aliphatic carbocycles. The van der Waals surface area contributed by atoms with Gasteiger partial charge in [-0.2, -0.15) is 0 Å². The van der Waals surface area contributed by atoms with Crippen molar-refractivity contribution in [3.05, 3.63) is 29.3 Å². The molecular weight excluding hydrogens is 224 g/mol. The van der Waals surface area contributed by atoms with Crippen molar-refractivity contribution in [2.24, 2.45) is 0 Å². The second-order valence-corrected chi connectivity index (χ2v) is 5.29. The van der Waals surface area contributed by atoms with Gasteiger partial charge in [0, 0.05) is 24.8 Å². The topological polar surface area (TPSA) is 24.5 Å². The summed E-state index contributed by atoms with van der Waals surface area (Å²) in [7, 11) is 1.99. The number of ether oxygens (including phenoxy) is 1. The third-order valence-electron chi connectivity index (χ3n) is 3.63. The van der Waals surface area contributed by atoms with Crippen LogP contribution in [-0.4, -0.2) is 32.3 Å². The number of anilines is 1. The Morgan fingerprint density at radius 3 is 2.83 bits per heavy atom. The van der Waals surface area contributed by atoms with Gasteiger partial charge in [-0.05, 0) is 51.1 Å². The Hall–Kier alpha value is -1.06. The second kappa shape index (κ2) is 5.72. The Morgan fingerprint density at radius 1 is 1.39 bits per heavy atom. The van der Waals surface area contributed by atoms with Gasteiger partial charge in [0.25, 0.3) is 0 Å². The molecule has 2 atom stereocenters. The van der Waals surface area contributed by atoms with Gasteiger partial charge in [0.15, 0.2) is 0 Å². The Balaban J connectivity index is 2.19. The molecule has 1 aliphatic heterocycles. The largest absolute Gasteiger partial charge is 0.375 e. The van der Waals surface area contributed by atoms with Crippen LogP contribution in [-0.2, 0) is 11.3 Å². The highest BCUT2D eigenvalue weighted by molar-refractivity contribution is 5.52. The molecule has 3 heteroatoms. The van der Waals surface area contributed by atoms with Crippen molar-refractivity contribution in [3.63, 3.8) is 0 Å². The lowest BCUT2D eigenvalue weighted by Gasteiger charge is -2.38. The zero-order valence-electron chi connectivity index (χ0n) is 11.9. The molecule has 0 bridgehead atoms. The number of hydrogen-bond acceptors (Lipinski definition) is 3. The van der Waals surface area contributed by atoms with Crippen LogP contribution in [0.25, 0.3) is 0 Å². The number of nitrogens with zero attached hydrogens (tertiary/aromatic N) is 1. The van der Waals surface area contributed by atoms with E-state index in [0.717, 1.165) is 19.7 Å². The van der Waals surface area contributed by atoms with Crippen LogP contribution in [0.4, 0.5) is 5.69 Å². The first-order chi connectivity index (χ1) is 8.61. The average molecular weight is 248 g/mol.